The minimum absolute atomic E-state index is 0.170. The number of aromatic nitrogens is 4. The van der Waals surface area contributed by atoms with Crippen LogP contribution >= 0.6 is 0 Å². The first-order valence-corrected chi connectivity index (χ1v) is 8.44. The number of nitrogens with zero attached hydrogens (tertiary/aromatic N) is 4. The predicted molar refractivity (Wildman–Crippen MR) is 101 cm³/mol. The lowest BCUT2D eigenvalue weighted by Gasteiger charge is -2.09. The van der Waals surface area contributed by atoms with Crippen LogP contribution in [0.4, 0.5) is 0 Å². The molecule has 7 heteroatoms. The number of tetrazole rings is 1. The van der Waals surface area contributed by atoms with Crippen LogP contribution in [0.15, 0.2) is 66.7 Å². The minimum Gasteiger partial charge on any atom is -0.497 e. The van der Waals surface area contributed by atoms with Crippen LogP contribution < -0.4 is 10.1 Å². The van der Waals surface area contributed by atoms with Gasteiger partial charge in [0.2, 0.25) is 0 Å². The molecule has 1 aromatic heterocycles. The zero-order valence-corrected chi connectivity index (χ0v) is 14.7. The normalized spacial score (nSPS) is 10.7. The summed E-state index contributed by atoms with van der Waals surface area (Å²) >= 11 is 0. The van der Waals surface area contributed by atoms with Gasteiger partial charge in [-0.3, -0.25) is 4.79 Å². The van der Waals surface area contributed by atoms with Crippen molar-refractivity contribution >= 4 is 16.7 Å². The highest BCUT2D eigenvalue weighted by molar-refractivity contribution is 6.06. The number of hydrogen-bond donors (Lipinski definition) is 1. The number of nitrogens with one attached hydrogen (secondary N) is 1. The van der Waals surface area contributed by atoms with E-state index in [0.717, 1.165) is 22.2 Å². The van der Waals surface area contributed by atoms with Gasteiger partial charge in [0.05, 0.1) is 19.3 Å². The van der Waals surface area contributed by atoms with Crippen molar-refractivity contribution in [3.05, 3.63) is 78.1 Å². The highest BCUT2D eigenvalue weighted by Gasteiger charge is 2.13. The molecule has 0 spiro atoms. The van der Waals surface area contributed by atoms with Crippen LogP contribution in [0.5, 0.6) is 5.75 Å². The third-order valence-electron chi connectivity index (χ3n) is 4.29. The lowest BCUT2D eigenvalue weighted by atomic mass is 10.0. The van der Waals surface area contributed by atoms with Crippen molar-refractivity contribution < 1.29 is 9.53 Å². The van der Waals surface area contributed by atoms with Crippen molar-refractivity contribution in [2.75, 3.05) is 7.11 Å². The number of fused-ring (bicyclic) bond motifs is 1. The van der Waals surface area contributed by atoms with Gasteiger partial charge >= 0.3 is 0 Å². The maximum atomic E-state index is 12.7. The molecule has 1 N–H and O–H groups in total. The van der Waals surface area contributed by atoms with Gasteiger partial charge in [0.15, 0.2) is 5.82 Å². The Morgan fingerprint density at radius 1 is 1.04 bits per heavy atom. The molecule has 4 rings (SSSR count). The van der Waals surface area contributed by atoms with Gasteiger partial charge in [-0.25, -0.2) is 0 Å². The summed E-state index contributed by atoms with van der Waals surface area (Å²) in [5, 5.41) is 16.6. The molecule has 3 aromatic carbocycles. The summed E-state index contributed by atoms with van der Waals surface area (Å²) in [6.07, 6.45) is 0. The van der Waals surface area contributed by atoms with Gasteiger partial charge < -0.3 is 10.1 Å². The first kappa shape index (κ1) is 16.7. The zero-order chi connectivity index (χ0) is 18.6. The SMILES string of the molecule is COc1ccc(-n2nnnc2CNC(=O)c2cccc3ccccc23)cc1. The molecule has 0 unspecified atom stereocenters. The second kappa shape index (κ2) is 7.25. The number of hydrogen-bond acceptors (Lipinski definition) is 5. The van der Waals surface area contributed by atoms with E-state index < -0.39 is 0 Å². The Morgan fingerprint density at radius 3 is 2.63 bits per heavy atom. The lowest BCUT2D eigenvalue weighted by molar-refractivity contribution is 0.0951. The molecule has 134 valence electrons. The Bertz CT molecular complexity index is 1080. The highest BCUT2D eigenvalue weighted by Crippen LogP contribution is 2.19. The van der Waals surface area contributed by atoms with Crippen molar-refractivity contribution in [1.82, 2.24) is 25.5 Å². The number of amides is 1. The molecule has 0 aliphatic carbocycles. The van der Waals surface area contributed by atoms with E-state index in [-0.39, 0.29) is 12.5 Å². The summed E-state index contributed by atoms with van der Waals surface area (Å²) in [5.41, 5.74) is 1.41. The molecule has 27 heavy (non-hydrogen) atoms. The molecule has 0 radical (unpaired) electrons. The van der Waals surface area contributed by atoms with Gasteiger partial charge in [-0.2, -0.15) is 4.68 Å². The lowest BCUT2D eigenvalue weighted by Crippen LogP contribution is -2.25. The van der Waals surface area contributed by atoms with E-state index in [1.54, 1.807) is 11.8 Å². The van der Waals surface area contributed by atoms with Gasteiger partial charge in [0.1, 0.15) is 5.75 Å². The van der Waals surface area contributed by atoms with E-state index in [9.17, 15) is 4.79 Å². The van der Waals surface area contributed by atoms with Crippen LogP contribution in [-0.4, -0.2) is 33.2 Å². The van der Waals surface area contributed by atoms with Gasteiger partial charge in [0.25, 0.3) is 5.91 Å². The van der Waals surface area contributed by atoms with E-state index in [0.29, 0.717) is 11.4 Å². The van der Waals surface area contributed by atoms with Crippen molar-refractivity contribution in [2.45, 2.75) is 6.54 Å². The summed E-state index contributed by atoms with van der Waals surface area (Å²) in [7, 11) is 1.61. The number of rotatable bonds is 5. The van der Waals surface area contributed by atoms with Crippen LogP contribution in [0, 0.1) is 0 Å². The van der Waals surface area contributed by atoms with Crippen molar-refractivity contribution in [3.8, 4) is 11.4 Å². The molecule has 7 nitrogen and oxygen atoms in total. The number of ether oxygens (including phenoxy) is 1. The van der Waals surface area contributed by atoms with Crippen LogP contribution in [0.1, 0.15) is 16.2 Å². The number of carbonyl (C=O) groups excluding carboxylic acids is 1. The Balaban J connectivity index is 1.54. The van der Waals surface area contributed by atoms with Crippen LogP contribution in [0.2, 0.25) is 0 Å². The smallest absolute Gasteiger partial charge is 0.252 e. The molecular formula is C20H17N5O2. The maximum absolute atomic E-state index is 12.7. The number of methoxy groups -OCH3 is 1. The average Bonchev–Trinajstić information content (AvgIpc) is 3.20. The molecule has 4 aromatic rings. The second-order valence-electron chi connectivity index (χ2n) is 5.91. The Kier molecular flexibility index (Phi) is 4.49. The molecule has 0 fully saturated rings. The Morgan fingerprint density at radius 2 is 1.81 bits per heavy atom. The first-order chi connectivity index (χ1) is 13.3. The second-order valence-corrected chi connectivity index (χ2v) is 5.91. The van der Waals surface area contributed by atoms with E-state index in [1.165, 1.54) is 0 Å². The molecular weight excluding hydrogens is 342 g/mol. The van der Waals surface area contributed by atoms with Gasteiger partial charge in [-0.1, -0.05) is 36.4 Å². The van der Waals surface area contributed by atoms with Gasteiger partial charge in [-0.15, -0.1) is 5.10 Å². The summed E-state index contributed by atoms with van der Waals surface area (Å²) < 4.78 is 6.75. The Hall–Kier alpha value is -3.74. The number of carbonyl (C=O) groups is 1. The molecule has 0 aliphatic rings. The third kappa shape index (κ3) is 3.35. The Labute approximate surface area is 155 Å². The average molecular weight is 359 g/mol. The topological polar surface area (TPSA) is 81.9 Å². The van der Waals surface area contributed by atoms with Crippen LogP contribution in [0.3, 0.4) is 0 Å². The van der Waals surface area contributed by atoms with E-state index in [2.05, 4.69) is 20.8 Å². The minimum atomic E-state index is -0.170. The molecule has 0 saturated heterocycles. The summed E-state index contributed by atoms with van der Waals surface area (Å²) in [4.78, 5) is 12.7. The van der Waals surface area contributed by atoms with E-state index in [4.69, 9.17) is 4.74 Å². The van der Waals surface area contributed by atoms with Crippen molar-refractivity contribution in [2.24, 2.45) is 0 Å². The van der Waals surface area contributed by atoms with E-state index >= 15 is 0 Å². The van der Waals surface area contributed by atoms with Crippen molar-refractivity contribution in [3.63, 3.8) is 0 Å². The summed E-state index contributed by atoms with van der Waals surface area (Å²) in [5.74, 6) is 1.11. The number of benzene rings is 3. The monoisotopic (exact) mass is 359 g/mol. The molecule has 0 bridgehead atoms. The predicted octanol–water partition coefficient (Wildman–Crippen LogP) is 2.75. The van der Waals surface area contributed by atoms with Gasteiger partial charge in [-0.05, 0) is 51.5 Å². The fourth-order valence-electron chi connectivity index (χ4n) is 2.92. The third-order valence-corrected chi connectivity index (χ3v) is 4.29. The fraction of sp³-hybridized carbons (Fsp3) is 0.100. The molecule has 0 saturated carbocycles. The molecule has 1 amide bonds. The van der Waals surface area contributed by atoms with Crippen molar-refractivity contribution in [1.29, 1.82) is 0 Å². The van der Waals surface area contributed by atoms with Crippen LogP contribution in [0.25, 0.3) is 16.5 Å². The van der Waals surface area contributed by atoms with E-state index in [1.807, 2.05) is 66.7 Å². The standard InChI is InChI=1S/C20H17N5O2/c1-27-16-11-9-15(10-12-16)25-19(22-23-24-25)13-21-20(26)18-8-4-6-14-5-2-3-7-17(14)18/h2-12H,13H2,1H3,(H,21,26). The molecule has 0 atom stereocenters. The summed E-state index contributed by atoms with van der Waals surface area (Å²) in [6.45, 7) is 0.209. The quantitative estimate of drug-likeness (QED) is 0.592. The molecule has 0 aliphatic heterocycles. The zero-order valence-electron chi connectivity index (χ0n) is 14.7. The maximum Gasteiger partial charge on any atom is 0.252 e. The van der Waals surface area contributed by atoms with Gasteiger partial charge in [0, 0.05) is 5.56 Å². The first-order valence-electron chi connectivity index (χ1n) is 8.44. The van der Waals surface area contributed by atoms with Crippen LogP contribution in [-0.2, 0) is 6.54 Å². The molecule has 1 heterocycles. The summed E-state index contributed by atoms with van der Waals surface area (Å²) in [6, 6.07) is 20.8. The highest BCUT2D eigenvalue weighted by atomic mass is 16.5. The largest absolute Gasteiger partial charge is 0.497 e. The fourth-order valence-corrected chi connectivity index (χ4v) is 2.92.